The van der Waals surface area contributed by atoms with E-state index in [-0.39, 0.29) is 18.3 Å². The minimum Gasteiger partial charge on any atom is -0.493 e. The summed E-state index contributed by atoms with van der Waals surface area (Å²) in [6.07, 6.45) is 4.25. The molecule has 3 rings (SSSR count). The van der Waals surface area contributed by atoms with E-state index in [4.69, 9.17) is 14.5 Å². The molecule has 3 aromatic rings. The summed E-state index contributed by atoms with van der Waals surface area (Å²) < 4.78 is 11.7. The van der Waals surface area contributed by atoms with Gasteiger partial charge in [-0.2, -0.15) is 0 Å². The first-order chi connectivity index (χ1) is 15.3. The number of carbonyl (C=O) groups is 1. The highest BCUT2D eigenvalue weighted by Gasteiger charge is 2.19. The van der Waals surface area contributed by atoms with Crippen LogP contribution >= 0.6 is 23.7 Å². The molecule has 0 aliphatic carbocycles. The molecule has 33 heavy (non-hydrogen) atoms. The summed E-state index contributed by atoms with van der Waals surface area (Å²) in [5, 5.41) is 0.731. The van der Waals surface area contributed by atoms with Crippen molar-refractivity contribution in [2.75, 3.05) is 46.3 Å². The average molecular weight is 490 g/mol. The van der Waals surface area contributed by atoms with Crippen molar-refractivity contribution in [1.82, 2.24) is 9.88 Å². The summed E-state index contributed by atoms with van der Waals surface area (Å²) in [6.45, 7) is 5.66. The molecule has 0 aliphatic heterocycles. The number of amides is 1. The van der Waals surface area contributed by atoms with Crippen LogP contribution in [0.3, 0.4) is 0 Å². The molecule has 0 N–H and O–H groups in total. The van der Waals surface area contributed by atoms with Crippen LogP contribution in [0.1, 0.15) is 23.1 Å². The maximum atomic E-state index is 13.2. The fourth-order valence-corrected chi connectivity index (χ4v) is 4.45. The number of aryl methyl sites for hydroxylation is 2. The van der Waals surface area contributed by atoms with Gasteiger partial charge in [0.15, 0.2) is 16.6 Å². The third kappa shape index (κ3) is 6.47. The highest BCUT2D eigenvalue weighted by atomic mass is 35.5. The summed E-state index contributed by atoms with van der Waals surface area (Å²) in [5.74, 6) is 1.19. The minimum atomic E-state index is -0.0908. The van der Waals surface area contributed by atoms with Crippen molar-refractivity contribution < 1.29 is 14.3 Å². The number of hydrogen-bond acceptors (Lipinski definition) is 6. The molecule has 2 aromatic carbocycles. The van der Waals surface area contributed by atoms with Crippen molar-refractivity contribution >= 4 is 51.1 Å². The first-order valence-electron chi connectivity index (χ1n) is 10.6. The number of rotatable bonds is 9. The first kappa shape index (κ1) is 26.6. The zero-order chi connectivity index (χ0) is 23.3. The summed E-state index contributed by atoms with van der Waals surface area (Å²) in [5.41, 5.74) is 4.19. The molecule has 8 heteroatoms. The molecule has 0 fully saturated rings. The van der Waals surface area contributed by atoms with Gasteiger partial charge in [-0.3, -0.25) is 9.69 Å². The second kappa shape index (κ2) is 12.0. The zero-order valence-electron chi connectivity index (χ0n) is 20.0. The molecule has 0 radical (unpaired) electrons. The Morgan fingerprint density at radius 1 is 1.06 bits per heavy atom. The lowest BCUT2D eigenvalue weighted by molar-refractivity contribution is -0.114. The van der Waals surface area contributed by atoms with Gasteiger partial charge in [0, 0.05) is 12.6 Å². The quantitative estimate of drug-likeness (QED) is 0.379. The van der Waals surface area contributed by atoms with Crippen molar-refractivity contribution in [3.63, 3.8) is 0 Å². The minimum absolute atomic E-state index is 0. The van der Waals surface area contributed by atoms with Crippen molar-refractivity contribution in [3.8, 4) is 11.5 Å². The molecular weight excluding hydrogens is 458 g/mol. The van der Waals surface area contributed by atoms with Gasteiger partial charge in [0.25, 0.3) is 5.91 Å². The Kier molecular flexibility index (Phi) is 9.70. The molecular formula is C25H32ClN3O3S. The number of anilines is 1. The molecule has 0 bridgehead atoms. The van der Waals surface area contributed by atoms with E-state index in [0.717, 1.165) is 39.4 Å². The highest BCUT2D eigenvalue weighted by Crippen LogP contribution is 2.32. The lowest BCUT2D eigenvalue weighted by atomic mass is 10.1. The smallest absolute Gasteiger partial charge is 0.252 e. The highest BCUT2D eigenvalue weighted by molar-refractivity contribution is 7.22. The Morgan fingerprint density at radius 2 is 1.79 bits per heavy atom. The lowest BCUT2D eigenvalue weighted by Crippen LogP contribution is -2.32. The Labute approximate surface area is 206 Å². The van der Waals surface area contributed by atoms with Crippen LogP contribution in [0.2, 0.25) is 0 Å². The number of thiazole rings is 1. The van der Waals surface area contributed by atoms with E-state index in [2.05, 4.69) is 30.9 Å². The lowest BCUT2D eigenvalue weighted by Gasteiger charge is -2.19. The zero-order valence-corrected chi connectivity index (χ0v) is 21.7. The molecule has 6 nitrogen and oxygen atoms in total. The summed E-state index contributed by atoms with van der Waals surface area (Å²) in [4.78, 5) is 22.0. The number of aromatic nitrogens is 1. The van der Waals surface area contributed by atoms with Crippen LogP contribution in [0.25, 0.3) is 16.3 Å². The Bertz CT molecular complexity index is 1130. The van der Waals surface area contributed by atoms with Gasteiger partial charge in [-0.1, -0.05) is 23.5 Å². The van der Waals surface area contributed by atoms with Gasteiger partial charge in [0.1, 0.15) is 0 Å². The predicted molar refractivity (Wildman–Crippen MR) is 140 cm³/mol. The number of halogens is 1. The van der Waals surface area contributed by atoms with Crippen LogP contribution in [0, 0.1) is 13.8 Å². The van der Waals surface area contributed by atoms with E-state index in [1.54, 1.807) is 42.6 Å². The van der Waals surface area contributed by atoms with E-state index < -0.39 is 0 Å². The Morgan fingerprint density at radius 3 is 2.45 bits per heavy atom. The fourth-order valence-electron chi connectivity index (χ4n) is 3.39. The third-order valence-corrected chi connectivity index (χ3v) is 6.43. The topological polar surface area (TPSA) is 54.9 Å². The van der Waals surface area contributed by atoms with Crippen LogP contribution in [0.5, 0.6) is 11.5 Å². The van der Waals surface area contributed by atoms with Gasteiger partial charge >= 0.3 is 0 Å². The SMILES string of the molecule is COc1ccc(C=CC(=O)N(CCCN(C)C)c2nc3c(C)c(C)ccc3s2)cc1OC.Cl. The molecule has 1 amide bonds. The maximum absolute atomic E-state index is 13.2. The number of benzene rings is 2. The van der Waals surface area contributed by atoms with E-state index in [9.17, 15) is 4.79 Å². The van der Waals surface area contributed by atoms with E-state index in [0.29, 0.717) is 18.0 Å². The van der Waals surface area contributed by atoms with Crippen LogP contribution in [0.15, 0.2) is 36.4 Å². The molecule has 0 unspecified atom stereocenters. The van der Waals surface area contributed by atoms with Gasteiger partial charge in [-0.15, -0.1) is 12.4 Å². The van der Waals surface area contributed by atoms with Crippen LogP contribution < -0.4 is 14.4 Å². The van der Waals surface area contributed by atoms with Crippen LogP contribution in [-0.4, -0.2) is 57.2 Å². The fraction of sp³-hybridized carbons (Fsp3) is 0.360. The normalized spacial score (nSPS) is 11.1. The summed E-state index contributed by atoms with van der Waals surface area (Å²) in [7, 11) is 7.27. The number of methoxy groups -OCH3 is 2. The Hall–Kier alpha value is -2.61. The van der Waals surface area contributed by atoms with Crippen molar-refractivity contribution in [3.05, 3.63) is 53.1 Å². The van der Waals surface area contributed by atoms with Gasteiger partial charge < -0.3 is 14.4 Å². The molecule has 0 aliphatic rings. The molecule has 0 atom stereocenters. The van der Waals surface area contributed by atoms with Crippen molar-refractivity contribution in [2.24, 2.45) is 0 Å². The van der Waals surface area contributed by atoms with Crippen LogP contribution in [-0.2, 0) is 4.79 Å². The van der Waals surface area contributed by atoms with Gasteiger partial charge in [0.2, 0.25) is 0 Å². The molecule has 0 saturated heterocycles. The van der Waals surface area contributed by atoms with Gasteiger partial charge in [-0.25, -0.2) is 4.98 Å². The summed E-state index contributed by atoms with van der Waals surface area (Å²) in [6, 6.07) is 9.76. The molecule has 1 heterocycles. The monoisotopic (exact) mass is 489 g/mol. The number of nitrogens with zero attached hydrogens (tertiary/aromatic N) is 3. The molecule has 0 saturated carbocycles. The van der Waals surface area contributed by atoms with E-state index in [1.165, 1.54) is 5.56 Å². The summed E-state index contributed by atoms with van der Waals surface area (Å²) >= 11 is 1.56. The first-order valence-corrected chi connectivity index (χ1v) is 11.4. The van der Waals surface area contributed by atoms with Crippen molar-refractivity contribution in [1.29, 1.82) is 0 Å². The maximum Gasteiger partial charge on any atom is 0.252 e. The third-order valence-electron chi connectivity index (χ3n) is 5.38. The standard InChI is InChI=1S/C25H31N3O3S.ClH/c1-17-8-12-22-24(18(17)2)26-25(32-22)28(15-7-14-27(3)4)23(29)13-10-19-9-11-20(30-5)21(16-19)31-6;/h8-13,16H,7,14-15H2,1-6H3;1H. The van der Waals surface area contributed by atoms with Crippen LogP contribution in [0.4, 0.5) is 5.13 Å². The number of ether oxygens (including phenoxy) is 2. The second-order valence-corrected chi connectivity index (χ2v) is 8.95. The molecule has 0 spiro atoms. The number of hydrogen-bond donors (Lipinski definition) is 0. The number of carbonyl (C=O) groups excluding carboxylic acids is 1. The van der Waals surface area contributed by atoms with Gasteiger partial charge in [-0.05, 0) is 81.9 Å². The Balaban J connectivity index is 0.00000385. The predicted octanol–water partition coefficient (Wildman–Crippen LogP) is 5.35. The average Bonchev–Trinajstić information content (AvgIpc) is 3.21. The molecule has 178 valence electrons. The largest absolute Gasteiger partial charge is 0.493 e. The van der Waals surface area contributed by atoms with E-state index in [1.807, 2.05) is 32.3 Å². The molecule has 1 aromatic heterocycles. The van der Waals surface area contributed by atoms with E-state index >= 15 is 0 Å². The second-order valence-electron chi connectivity index (χ2n) is 7.95. The number of fused-ring (bicyclic) bond motifs is 1. The van der Waals surface area contributed by atoms with Crippen molar-refractivity contribution in [2.45, 2.75) is 20.3 Å². The van der Waals surface area contributed by atoms with Gasteiger partial charge in [0.05, 0.1) is 24.4 Å².